The summed E-state index contributed by atoms with van der Waals surface area (Å²) in [5, 5.41) is 14.0. The Balaban J connectivity index is 1.51. The Bertz CT molecular complexity index is 1290. The lowest BCUT2D eigenvalue weighted by atomic mass is 10.2. The van der Waals surface area contributed by atoms with Gasteiger partial charge in [0.1, 0.15) is 0 Å². The Labute approximate surface area is 209 Å². The molecule has 0 atom stereocenters. The van der Waals surface area contributed by atoms with Crippen molar-refractivity contribution in [3.05, 3.63) is 93.4 Å². The van der Waals surface area contributed by atoms with E-state index in [1.807, 2.05) is 84.3 Å². The third-order valence-corrected chi connectivity index (χ3v) is 6.29. The summed E-state index contributed by atoms with van der Waals surface area (Å²) in [5.74, 6) is 0.573. The predicted octanol–water partition coefficient (Wildman–Crippen LogP) is 5.90. The van der Waals surface area contributed by atoms with Crippen molar-refractivity contribution in [1.29, 1.82) is 0 Å². The van der Waals surface area contributed by atoms with Crippen molar-refractivity contribution >= 4 is 51.4 Å². The van der Waals surface area contributed by atoms with Gasteiger partial charge in [-0.1, -0.05) is 69.1 Å². The molecule has 0 unspecified atom stereocenters. The van der Waals surface area contributed by atoms with Gasteiger partial charge in [0, 0.05) is 20.7 Å². The number of benzene rings is 3. The first kappa shape index (κ1) is 23.2. The van der Waals surface area contributed by atoms with Crippen LogP contribution in [0, 0.1) is 6.92 Å². The molecule has 4 aromatic rings. The van der Waals surface area contributed by atoms with E-state index in [2.05, 4.69) is 36.7 Å². The molecule has 166 valence electrons. The third kappa shape index (κ3) is 6.10. The number of rotatable bonds is 7. The monoisotopic (exact) mass is 539 g/mol. The summed E-state index contributed by atoms with van der Waals surface area (Å²) < 4.78 is 2.88. The molecule has 0 aliphatic carbocycles. The number of nitrogens with one attached hydrogen (secondary N) is 1. The second-order valence-electron chi connectivity index (χ2n) is 7.12. The highest BCUT2D eigenvalue weighted by molar-refractivity contribution is 9.10. The van der Waals surface area contributed by atoms with Crippen LogP contribution in [-0.2, 0) is 4.79 Å². The van der Waals surface area contributed by atoms with Gasteiger partial charge in [-0.25, -0.2) is 5.43 Å². The molecule has 3 aromatic carbocycles. The average Bonchev–Trinajstić information content (AvgIpc) is 3.23. The summed E-state index contributed by atoms with van der Waals surface area (Å²) in [4.78, 5) is 12.4. The molecular formula is C24H19BrClN5OS. The third-order valence-electron chi connectivity index (χ3n) is 4.61. The van der Waals surface area contributed by atoms with Crippen LogP contribution in [0.1, 0.15) is 11.1 Å². The summed E-state index contributed by atoms with van der Waals surface area (Å²) >= 11 is 10.7. The maximum absolute atomic E-state index is 12.4. The number of aromatic nitrogens is 3. The van der Waals surface area contributed by atoms with E-state index in [4.69, 9.17) is 11.6 Å². The van der Waals surface area contributed by atoms with E-state index in [0.29, 0.717) is 16.0 Å². The molecule has 6 nitrogen and oxygen atoms in total. The average molecular weight is 541 g/mol. The molecular weight excluding hydrogens is 522 g/mol. The van der Waals surface area contributed by atoms with Crippen molar-refractivity contribution < 1.29 is 4.79 Å². The molecule has 0 aliphatic heterocycles. The number of halogens is 2. The van der Waals surface area contributed by atoms with E-state index in [1.54, 1.807) is 6.21 Å². The highest BCUT2D eigenvalue weighted by Gasteiger charge is 2.17. The second kappa shape index (κ2) is 10.8. The Kier molecular flexibility index (Phi) is 7.59. The number of thioether (sulfide) groups is 1. The minimum atomic E-state index is -0.238. The van der Waals surface area contributed by atoms with E-state index < -0.39 is 0 Å². The number of aryl methyl sites for hydroxylation is 1. The molecule has 0 fully saturated rings. The van der Waals surface area contributed by atoms with Crippen LogP contribution in [-0.4, -0.2) is 32.6 Å². The fourth-order valence-electron chi connectivity index (χ4n) is 3.00. The molecule has 0 saturated heterocycles. The fourth-order valence-corrected chi connectivity index (χ4v) is 4.29. The molecule has 4 rings (SSSR count). The van der Waals surface area contributed by atoms with Crippen molar-refractivity contribution in [2.24, 2.45) is 5.10 Å². The lowest BCUT2D eigenvalue weighted by Gasteiger charge is -2.10. The Morgan fingerprint density at radius 1 is 1.12 bits per heavy atom. The highest BCUT2D eigenvalue weighted by atomic mass is 79.9. The van der Waals surface area contributed by atoms with Gasteiger partial charge in [0.25, 0.3) is 5.91 Å². The van der Waals surface area contributed by atoms with Gasteiger partial charge in [0.05, 0.1) is 12.0 Å². The molecule has 33 heavy (non-hydrogen) atoms. The van der Waals surface area contributed by atoms with Crippen molar-refractivity contribution in [2.75, 3.05) is 5.75 Å². The van der Waals surface area contributed by atoms with E-state index in [-0.39, 0.29) is 11.7 Å². The SMILES string of the molecule is Cc1ccc(-n2c(SCC(=O)N/N=C\c3cccc(Br)c3)nnc2-c2ccc(Cl)cc2)cc1. The fraction of sp³-hybridized carbons (Fsp3) is 0.0833. The van der Waals surface area contributed by atoms with E-state index in [0.717, 1.165) is 26.9 Å². The van der Waals surface area contributed by atoms with Crippen molar-refractivity contribution in [3.8, 4) is 17.1 Å². The first-order valence-corrected chi connectivity index (χ1v) is 12.1. The maximum atomic E-state index is 12.4. The Morgan fingerprint density at radius 2 is 1.88 bits per heavy atom. The topological polar surface area (TPSA) is 72.2 Å². The minimum absolute atomic E-state index is 0.139. The summed E-state index contributed by atoms with van der Waals surface area (Å²) in [7, 11) is 0. The lowest BCUT2D eigenvalue weighted by Crippen LogP contribution is -2.20. The van der Waals surface area contributed by atoms with E-state index in [1.165, 1.54) is 11.8 Å². The number of hydrogen-bond acceptors (Lipinski definition) is 5. The number of nitrogens with zero attached hydrogens (tertiary/aromatic N) is 4. The standard InChI is InChI=1S/C24H19BrClN5OS/c1-16-5-11-21(12-6-16)31-23(18-7-9-20(26)10-8-18)29-30-24(31)33-15-22(32)28-27-14-17-3-2-4-19(25)13-17/h2-14H,15H2,1H3,(H,28,32)/b27-14-. The van der Waals surface area contributed by atoms with Crippen LogP contribution in [0.3, 0.4) is 0 Å². The van der Waals surface area contributed by atoms with E-state index >= 15 is 0 Å². The molecule has 1 aromatic heterocycles. The molecule has 0 radical (unpaired) electrons. The summed E-state index contributed by atoms with van der Waals surface area (Å²) in [6.07, 6.45) is 1.60. The van der Waals surface area contributed by atoms with Crippen LogP contribution in [0.15, 0.2) is 87.5 Å². The molecule has 0 saturated carbocycles. The molecule has 1 heterocycles. The Hall–Kier alpha value is -2.94. The van der Waals surface area contributed by atoms with Crippen LogP contribution in [0.2, 0.25) is 5.02 Å². The number of carbonyl (C=O) groups is 1. The summed E-state index contributed by atoms with van der Waals surface area (Å²) in [5.41, 5.74) is 6.37. The molecule has 1 amide bonds. The first-order chi connectivity index (χ1) is 16.0. The molecule has 1 N–H and O–H groups in total. The van der Waals surface area contributed by atoms with Gasteiger partial charge in [-0.15, -0.1) is 10.2 Å². The van der Waals surface area contributed by atoms with Gasteiger partial charge in [0.2, 0.25) is 0 Å². The zero-order valence-corrected chi connectivity index (χ0v) is 20.7. The number of carbonyl (C=O) groups excluding carboxylic acids is 1. The number of hydrazone groups is 1. The molecule has 9 heteroatoms. The number of hydrogen-bond donors (Lipinski definition) is 1. The summed E-state index contributed by atoms with van der Waals surface area (Å²) in [6, 6.07) is 23.1. The number of amides is 1. The normalized spacial score (nSPS) is 11.1. The molecule has 0 bridgehead atoms. The van der Waals surface area contributed by atoms with Crippen LogP contribution >= 0.6 is 39.3 Å². The van der Waals surface area contributed by atoms with Gasteiger partial charge in [-0.2, -0.15) is 5.10 Å². The van der Waals surface area contributed by atoms with Crippen LogP contribution in [0.5, 0.6) is 0 Å². The van der Waals surface area contributed by atoms with Crippen LogP contribution in [0.25, 0.3) is 17.1 Å². The Morgan fingerprint density at radius 3 is 2.61 bits per heavy atom. The van der Waals surface area contributed by atoms with Gasteiger partial charge in [-0.05, 0) is 61.0 Å². The largest absolute Gasteiger partial charge is 0.272 e. The zero-order chi connectivity index (χ0) is 23.2. The lowest BCUT2D eigenvalue weighted by molar-refractivity contribution is -0.118. The van der Waals surface area contributed by atoms with Crippen molar-refractivity contribution in [1.82, 2.24) is 20.2 Å². The first-order valence-electron chi connectivity index (χ1n) is 9.98. The predicted molar refractivity (Wildman–Crippen MR) is 137 cm³/mol. The smallest absolute Gasteiger partial charge is 0.250 e. The van der Waals surface area contributed by atoms with Gasteiger partial charge in [-0.3, -0.25) is 9.36 Å². The summed E-state index contributed by atoms with van der Waals surface area (Å²) in [6.45, 7) is 2.03. The quantitative estimate of drug-likeness (QED) is 0.180. The van der Waals surface area contributed by atoms with Crippen molar-refractivity contribution in [2.45, 2.75) is 12.1 Å². The molecule has 0 spiro atoms. The van der Waals surface area contributed by atoms with Gasteiger partial charge >= 0.3 is 0 Å². The second-order valence-corrected chi connectivity index (χ2v) is 9.42. The van der Waals surface area contributed by atoms with E-state index in [9.17, 15) is 4.79 Å². The van der Waals surface area contributed by atoms with Crippen LogP contribution < -0.4 is 5.43 Å². The highest BCUT2D eigenvalue weighted by Crippen LogP contribution is 2.28. The van der Waals surface area contributed by atoms with Gasteiger partial charge in [0.15, 0.2) is 11.0 Å². The van der Waals surface area contributed by atoms with Gasteiger partial charge < -0.3 is 0 Å². The van der Waals surface area contributed by atoms with Crippen molar-refractivity contribution in [3.63, 3.8) is 0 Å². The minimum Gasteiger partial charge on any atom is -0.272 e. The molecule has 0 aliphatic rings. The maximum Gasteiger partial charge on any atom is 0.250 e. The van der Waals surface area contributed by atoms with Crippen LogP contribution in [0.4, 0.5) is 0 Å². The zero-order valence-electron chi connectivity index (χ0n) is 17.6.